The minimum Gasteiger partial charge on any atom is -0.399 e. The van der Waals surface area contributed by atoms with Gasteiger partial charge in [-0.15, -0.1) is 0 Å². The van der Waals surface area contributed by atoms with Crippen LogP contribution in [0.15, 0.2) is 11.9 Å². The lowest BCUT2D eigenvalue weighted by Crippen LogP contribution is -2.39. The van der Waals surface area contributed by atoms with E-state index in [4.69, 9.17) is 20.0 Å². The van der Waals surface area contributed by atoms with Gasteiger partial charge >= 0.3 is 0 Å². The number of nitrogens with two attached hydrogens (primary N) is 1. The molecular formula is C52H107N3O3. The monoisotopic (exact) mass is 822 g/mol. The van der Waals surface area contributed by atoms with E-state index in [1.807, 2.05) is 6.20 Å². The Morgan fingerprint density at radius 2 is 0.845 bits per heavy atom. The molecule has 0 saturated heterocycles. The Kier molecular flexibility index (Phi) is 42.2. The molecule has 0 saturated carbocycles. The van der Waals surface area contributed by atoms with Crippen LogP contribution in [0.5, 0.6) is 0 Å². The minimum atomic E-state index is -0.314. The summed E-state index contributed by atoms with van der Waals surface area (Å²) in [5, 5.41) is 3.60. The molecule has 0 radical (unpaired) electrons. The average Bonchev–Trinajstić information content (AvgIpc) is 3.19. The molecule has 0 rings (SSSR count). The van der Waals surface area contributed by atoms with Gasteiger partial charge in [0, 0.05) is 19.3 Å². The Labute approximate surface area is 364 Å². The molecule has 4 N–H and O–H groups in total. The molecule has 1 atom stereocenters. The molecule has 0 aliphatic heterocycles. The van der Waals surface area contributed by atoms with Gasteiger partial charge in [-0.05, 0) is 52.9 Å². The second-order valence-corrected chi connectivity index (χ2v) is 19.5. The number of nitrogens with one attached hydrogen (secondary N) is 2. The fourth-order valence-corrected chi connectivity index (χ4v) is 8.11. The van der Waals surface area contributed by atoms with Crippen molar-refractivity contribution >= 4 is 0 Å². The van der Waals surface area contributed by atoms with E-state index in [1.165, 1.54) is 225 Å². The Morgan fingerprint density at radius 3 is 1.19 bits per heavy atom. The number of ether oxygens (including phenoxy) is 2. The van der Waals surface area contributed by atoms with Gasteiger partial charge in [-0.3, -0.25) is 0 Å². The van der Waals surface area contributed by atoms with E-state index >= 15 is 0 Å². The van der Waals surface area contributed by atoms with Gasteiger partial charge in [0.25, 0.3) is 0 Å². The van der Waals surface area contributed by atoms with Crippen LogP contribution in [0.3, 0.4) is 0 Å². The third-order valence-corrected chi connectivity index (χ3v) is 12.3. The highest BCUT2D eigenvalue weighted by atomic mass is 16.6. The maximum absolute atomic E-state index is 6.42. The molecule has 0 aromatic heterocycles. The predicted octanol–water partition coefficient (Wildman–Crippen LogP) is 15.8. The minimum absolute atomic E-state index is 0.302. The average molecular weight is 822 g/mol. The fraction of sp³-hybridized carbons (Fsp3) is 0.962. The molecule has 348 valence electrons. The van der Waals surface area contributed by atoms with Gasteiger partial charge in [-0.1, -0.05) is 226 Å². The highest BCUT2D eigenvalue weighted by Crippen LogP contribution is 2.21. The summed E-state index contributed by atoms with van der Waals surface area (Å²) in [5.41, 5.74) is 9.46. The summed E-state index contributed by atoms with van der Waals surface area (Å²) >= 11 is 0. The fourth-order valence-electron chi connectivity index (χ4n) is 8.11. The maximum Gasteiger partial charge on any atom is 0.0882 e. The number of unbranched alkanes of at least 4 members (excludes halogenated alkanes) is 31. The Bertz CT molecular complexity index is 848. The van der Waals surface area contributed by atoms with Crippen molar-refractivity contribution in [2.75, 3.05) is 33.4 Å². The largest absolute Gasteiger partial charge is 0.399 e. The van der Waals surface area contributed by atoms with Crippen molar-refractivity contribution in [3.05, 3.63) is 11.9 Å². The van der Waals surface area contributed by atoms with Crippen LogP contribution in [-0.2, 0) is 14.3 Å². The molecule has 0 bridgehead atoms. The van der Waals surface area contributed by atoms with Crippen LogP contribution in [0.4, 0.5) is 0 Å². The van der Waals surface area contributed by atoms with Crippen LogP contribution in [0.1, 0.15) is 273 Å². The van der Waals surface area contributed by atoms with Crippen molar-refractivity contribution in [1.29, 1.82) is 0 Å². The first kappa shape index (κ1) is 57.2. The van der Waals surface area contributed by atoms with Crippen LogP contribution < -0.4 is 16.5 Å². The zero-order chi connectivity index (χ0) is 42.7. The maximum atomic E-state index is 6.42. The van der Waals surface area contributed by atoms with Crippen molar-refractivity contribution in [2.45, 2.75) is 284 Å². The van der Waals surface area contributed by atoms with Crippen LogP contribution >= 0.6 is 0 Å². The van der Waals surface area contributed by atoms with Gasteiger partial charge in [-0.25, -0.2) is 5.48 Å². The summed E-state index contributed by atoms with van der Waals surface area (Å²) in [7, 11) is 1.63. The van der Waals surface area contributed by atoms with Gasteiger partial charge in [-0.2, -0.15) is 0 Å². The normalized spacial score (nSPS) is 13.1. The van der Waals surface area contributed by atoms with Crippen molar-refractivity contribution < 1.29 is 14.3 Å². The zero-order valence-electron chi connectivity index (χ0n) is 40.7. The Balaban J connectivity index is 4.36. The van der Waals surface area contributed by atoms with E-state index in [2.05, 4.69) is 52.3 Å². The second-order valence-electron chi connectivity index (χ2n) is 19.5. The first-order chi connectivity index (χ1) is 28.2. The lowest BCUT2D eigenvalue weighted by atomic mass is 9.94. The van der Waals surface area contributed by atoms with Gasteiger partial charge in [0.15, 0.2) is 0 Å². The molecule has 0 fully saturated rings. The number of hydrogen-bond donors (Lipinski definition) is 3. The number of rotatable bonds is 48. The van der Waals surface area contributed by atoms with Gasteiger partial charge in [0.05, 0.1) is 37.2 Å². The number of hydroxylamine groups is 1. The molecule has 0 amide bonds. The van der Waals surface area contributed by atoms with E-state index in [1.54, 1.807) is 7.11 Å². The lowest BCUT2D eigenvalue weighted by Gasteiger charge is -2.29. The van der Waals surface area contributed by atoms with Crippen LogP contribution in [-0.4, -0.2) is 44.6 Å². The van der Waals surface area contributed by atoms with E-state index in [-0.39, 0.29) is 11.2 Å². The lowest BCUT2D eigenvalue weighted by molar-refractivity contribution is -0.0787. The Morgan fingerprint density at radius 1 is 0.500 bits per heavy atom. The van der Waals surface area contributed by atoms with Crippen LogP contribution in [0.25, 0.3) is 0 Å². The highest BCUT2D eigenvalue weighted by Gasteiger charge is 2.23. The summed E-state index contributed by atoms with van der Waals surface area (Å²) in [6.07, 6.45) is 52.6. The third kappa shape index (κ3) is 43.3. The number of hydrogen-bond acceptors (Lipinski definition) is 6. The molecule has 6 nitrogen and oxygen atoms in total. The Hall–Kier alpha value is -0.820. The molecule has 6 heteroatoms. The smallest absolute Gasteiger partial charge is 0.0882 e. The third-order valence-electron chi connectivity index (χ3n) is 12.3. The summed E-state index contributed by atoms with van der Waals surface area (Å²) < 4.78 is 12.3. The molecular weight excluding hydrogens is 715 g/mol. The first-order valence-electron chi connectivity index (χ1n) is 25.9. The van der Waals surface area contributed by atoms with Crippen molar-refractivity contribution in [3.8, 4) is 0 Å². The molecule has 0 aromatic rings. The van der Waals surface area contributed by atoms with E-state index in [9.17, 15) is 0 Å². The summed E-state index contributed by atoms with van der Waals surface area (Å²) in [4.78, 5) is 4.98. The first-order valence-corrected chi connectivity index (χ1v) is 25.9. The summed E-state index contributed by atoms with van der Waals surface area (Å²) in [6.45, 7) is 15.7. The molecule has 0 aliphatic carbocycles. The van der Waals surface area contributed by atoms with Crippen molar-refractivity contribution in [2.24, 2.45) is 11.7 Å². The van der Waals surface area contributed by atoms with Gasteiger partial charge in [0.1, 0.15) is 0 Å². The van der Waals surface area contributed by atoms with Gasteiger partial charge in [0.2, 0.25) is 0 Å². The molecule has 58 heavy (non-hydrogen) atoms. The molecule has 0 spiro atoms. The molecule has 0 aliphatic rings. The van der Waals surface area contributed by atoms with E-state index in [0.717, 1.165) is 24.6 Å². The quantitative estimate of drug-likeness (QED) is 0.0419. The predicted molar refractivity (Wildman–Crippen MR) is 256 cm³/mol. The van der Waals surface area contributed by atoms with E-state index in [0.29, 0.717) is 19.8 Å². The zero-order valence-corrected chi connectivity index (χ0v) is 40.7. The van der Waals surface area contributed by atoms with Crippen LogP contribution in [0, 0.1) is 5.92 Å². The molecule has 1 unspecified atom stereocenters. The summed E-state index contributed by atoms with van der Waals surface area (Å²) in [5.74, 6) is 0.720. The SMILES string of the molecule is CCCCCCCCCCCCCCCCCCCC(CCCCCCCCCCCCCCCCCC)CN/C=C(\N)COC(C)(C)CCOC(C)(C)CNOC. The van der Waals surface area contributed by atoms with E-state index < -0.39 is 0 Å². The van der Waals surface area contributed by atoms with Gasteiger partial charge < -0.3 is 25.4 Å². The van der Waals surface area contributed by atoms with Crippen molar-refractivity contribution in [3.63, 3.8) is 0 Å². The molecule has 0 aromatic carbocycles. The standard InChI is InChI=1S/C52H107N3O3/c1-8-10-12-14-16-18-20-22-24-26-28-30-32-34-36-38-40-42-49(41-39-37-35-33-31-29-27-25-23-21-19-17-15-13-11-9-2)45-54-46-50(53)47-58-51(3,4)43-44-57-52(5,6)48-55-56-7/h46,49,54-55H,8-45,47-48,53H2,1-7H3/b50-46-. The molecule has 0 heterocycles. The van der Waals surface area contributed by atoms with Crippen molar-refractivity contribution in [1.82, 2.24) is 10.8 Å². The second kappa shape index (κ2) is 42.9. The summed E-state index contributed by atoms with van der Waals surface area (Å²) in [6, 6.07) is 0. The van der Waals surface area contributed by atoms with Crippen LogP contribution in [0.2, 0.25) is 0 Å². The highest BCUT2D eigenvalue weighted by molar-refractivity contribution is 4.96. The topological polar surface area (TPSA) is 77.8 Å².